The van der Waals surface area contributed by atoms with Crippen LogP contribution in [0.5, 0.6) is 17.2 Å². The van der Waals surface area contributed by atoms with Gasteiger partial charge in [-0.1, -0.05) is 25.1 Å². The lowest BCUT2D eigenvalue weighted by molar-refractivity contribution is -0.147. The van der Waals surface area contributed by atoms with Gasteiger partial charge in [-0.2, -0.15) is 0 Å². The summed E-state index contributed by atoms with van der Waals surface area (Å²) >= 11 is 0. The predicted molar refractivity (Wildman–Crippen MR) is 112 cm³/mol. The van der Waals surface area contributed by atoms with E-state index in [1.165, 1.54) is 0 Å². The Kier molecular flexibility index (Phi) is 7.93. The van der Waals surface area contributed by atoms with E-state index in [1.54, 1.807) is 7.11 Å². The summed E-state index contributed by atoms with van der Waals surface area (Å²) in [6.45, 7) is 3.72. The third-order valence-corrected chi connectivity index (χ3v) is 4.77. The number of esters is 1. The van der Waals surface area contributed by atoms with Crippen LogP contribution < -0.4 is 14.2 Å². The van der Waals surface area contributed by atoms with Crippen LogP contribution >= 0.6 is 0 Å². The number of methoxy groups -OCH3 is 1. The molecule has 0 bridgehead atoms. The van der Waals surface area contributed by atoms with Crippen molar-refractivity contribution in [1.82, 2.24) is 4.90 Å². The number of aliphatic hydroxyl groups is 1. The minimum absolute atomic E-state index is 0.0148. The number of hydrogen-bond donors (Lipinski definition) is 1. The fraction of sp³-hybridized carbons (Fsp3) is 0.435. The highest BCUT2D eigenvalue weighted by Crippen LogP contribution is 2.33. The Morgan fingerprint density at radius 1 is 1.10 bits per heavy atom. The van der Waals surface area contributed by atoms with Crippen molar-refractivity contribution >= 4 is 5.97 Å². The quantitative estimate of drug-likeness (QED) is 0.565. The molecule has 0 fully saturated rings. The molecule has 7 nitrogen and oxygen atoms in total. The summed E-state index contributed by atoms with van der Waals surface area (Å²) in [7, 11) is 1.64. The number of carbonyl (C=O) groups is 1. The van der Waals surface area contributed by atoms with Crippen LogP contribution in [-0.2, 0) is 22.6 Å². The smallest absolute Gasteiger partial charge is 0.305 e. The average Bonchev–Trinajstić information content (AvgIpc) is 3.21. The van der Waals surface area contributed by atoms with Crippen LogP contribution in [0.25, 0.3) is 0 Å². The summed E-state index contributed by atoms with van der Waals surface area (Å²) in [4.78, 5) is 13.7. The van der Waals surface area contributed by atoms with Crippen molar-refractivity contribution in [3.63, 3.8) is 0 Å². The molecular formula is C23H29NO6. The molecule has 1 N–H and O–H groups in total. The highest BCUT2D eigenvalue weighted by Gasteiger charge is 2.18. The van der Waals surface area contributed by atoms with Crippen LogP contribution in [-0.4, -0.2) is 49.1 Å². The first kappa shape index (κ1) is 21.9. The highest BCUT2D eigenvalue weighted by molar-refractivity contribution is 5.69. The summed E-state index contributed by atoms with van der Waals surface area (Å²) in [5.74, 6) is 1.98. The molecule has 1 unspecified atom stereocenters. The van der Waals surface area contributed by atoms with Crippen molar-refractivity contribution < 1.29 is 28.8 Å². The largest absolute Gasteiger partial charge is 0.497 e. The normalized spacial score (nSPS) is 13.3. The zero-order valence-electron chi connectivity index (χ0n) is 17.5. The number of aliphatic hydroxyl groups excluding tert-OH is 1. The third-order valence-electron chi connectivity index (χ3n) is 4.77. The monoisotopic (exact) mass is 415 g/mol. The molecule has 0 amide bonds. The lowest BCUT2D eigenvalue weighted by atomic mass is 10.1. The Hall–Kier alpha value is -2.77. The molecule has 1 atom stereocenters. The Morgan fingerprint density at radius 2 is 1.80 bits per heavy atom. The Bertz CT molecular complexity index is 823. The molecule has 0 aromatic heterocycles. The first-order chi connectivity index (χ1) is 14.6. The first-order valence-corrected chi connectivity index (χ1v) is 10.1. The van der Waals surface area contributed by atoms with E-state index in [2.05, 4.69) is 4.90 Å². The van der Waals surface area contributed by atoms with Gasteiger partial charge in [0.15, 0.2) is 11.5 Å². The molecule has 1 aliphatic rings. The van der Waals surface area contributed by atoms with Crippen molar-refractivity contribution in [2.75, 3.05) is 27.1 Å². The van der Waals surface area contributed by atoms with Crippen molar-refractivity contribution in [2.24, 2.45) is 0 Å². The standard InChI is InChI=1S/C23H29NO6/c1-3-4-23(26)28-15-19(25)14-24(12-17-5-8-20(27-2)9-6-17)13-18-7-10-21-22(11-18)30-16-29-21/h5-11,19,25H,3-4,12-16H2,1-2H3. The van der Waals surface area contributed by atoms with E-state index in [1.807, 2.05) is 49.4 Å². The van der Waals surface area contributed by atoms with Crippen LogP contribution in [0.1, 0.15) is 30.9 Å². The van der Waals surface area contributed by atoms with E-state index in [9.17, 15) is 9.90 Å². The van der Waals surface area contributed by atoms with Crippen LogP contribution in [0.15, 0.2) is 42.5 Å². The van der Waals surface area contributed by atoms with Gasteiger partial charge in [0.05, 0.1) is 7.11 Å². The molecule has 0 radical (unpaired) electrons. The van der Waals surface area contributed by atoms with Gasteiger partial charge in [0.2, 0.25) is 6.79 Å². The second-order valence-corrected chi connectivity index (χ2v) is 7.29. The van der Waals surface area contributed by atoms with Crippen molar-refractivity contribution in [2.45, 2.75) is 39.0 Å². The summed E-state index contributed by atoms with van der Waals surface area (Å²) in [6.07, 6.45) is 0.306. The number of ether oxygens (including phenoxy) is 4. The number of benzene rings is 2. The number of rotatable bonds is 11. The van der Waals surface area contributed by atoms with Gasteiger partial charge in [0.25, 0.3) is 0 Å². The first-order valence-electron chi connectivity index (χ1n) is 10.1. The molecule has 7 heteroatoms. The minimum Gasteiger partial charge on any atom is -0.497 e. The molecule has 0 saturated heterocycles. The van der Waals surface area contributed by atoms with E-state index < -0.39 is 6.10 Å². The molecule has 0 saturated carbocycles. The summed E-state index contributed by atoms with van der Waals surface area (Å²) < 4.78 is 21.2. The second kappa shape index (κ2) is 10.8. The van der Waals surface area contributed by atoms with Gasteiger partial charge in [0, 0.05) is 26.1 Å². The van der Waals surface area contributed by atoms with Gasteiger partial charge < -0.3 is 24.1 Å². The van der Waals surface area contributed by atoms with Gasteiger partial charge in [-0.15, -0.1) is 0 Å². The number of fused-ring (bicyclic) bond motifs is 1. The fourth-order valence-corrected chi connectivity index (χ4v) is 3.29. The molecule has 162 valence electrons. The molecule has 0 aliphatic carbocycles. The van der Waals surface area contributed by atoms with Crippen LogP contribution in [0.4, 0.5) is 0 Å². The number of carbonyl (C=O) groups excluding carboxylic acids is 1. The summed E-state index contributed by atoms with van der Waals surface area (Å²) in [6, 6.07) is 13.7. The van der Waals surface area contributed by atoms with E-state index in [0.717, 1.165) is 34.8 Å². The molecule has 2 aromatic rings. The van der Waals surface area contributed by atoms with Gasteiger partial charge in [-0.25, -0.2) is 0 Å². The van der Waals surface area contributed by atoms with E-state index >= 15 is 0 Å². The van der Waals surface area contributed by atoms with Crippen LogP contribution in [0.3, 0.4) is 0 Å². The van der Waals surface area contributed by atoms with Crippen molar-refractivity contribution in [3.05, 3.63) is 53.6 Å². The molecule has 1 heterocycles. The van der Waals surface area contributed by atoms with E-state index in [-0.39, 0.29) is 19.4 Å². The Balaban J connectivity index is 1.66. The maximum Gasteiger partial charge on any atom is 0.305 e. The maximum absolute atomic E-state index is 11.6. The van der Waals surface area contributed by atoms with Crippen LogP contribution in [0.2, 0.25) is 0 Å². The zero-order valence-corrected chi connectivity index (χ0v) is 17.5. The fourth-order valence-electron chi connectivity index (χ4n) is 3.29. The molecule has 3 rings (SSSR count). The second-order valence-electron chi connectivity index (χ2n) is 7.29. The Morgan fingerprint density at radius 3 is 2.53 bits per heavy atom. The summed E-state index contributed by atoms with van der Waals surface area (Å²) in [5.41, 5.74) is 2.13. The van der Waals surface area contributed by atoms with Crippen LogP contribution in [0, 0.1) is 0 Å². The lowest BCUT2D eigenvalue weighted by Crippen LogP contribution is -2.34. The minimum atomic E-state index is -0.780. The third kappa shape index (κ3) is 6.37. The molecule has 2 aromatic carbocycles. The SMILES string of the molecule is CCCC(=O)OCC(O)CN(Cc1ccc(OC)cc1)Cc1ccc2c(c1)OCO2. The average molecular weight is 415 g/mol. The predicted octanol–water partition coefficient (Wildman–Crippen LogP) is 3.13. The maximum atomic E-state index is 11.6. The molecule has 0 spiro atoms. The van der Waals surface area contributed by atoms with Gasteiger partial charge >= 0.3 is 5.97 Å². The van der Waals surface area contributed by atoms with Gasteiger partial charge in [-0.3, -0.25) is 9.69 Å². The number of nitrogens with zero attached hydrogens (tertiary/aromatic N) is 1. The Labute approximate surface area is 177 Å². The lowest BCUT2D eigenvalue weighted by Gasteiger charge is -2.25. The molecular weight excluding hydrogens is 386 g/mol. The van der Waals surface area contributed by atoms with E-state index in [4.69, 9.17) is 18.9 Å². The molecule has 1 aliphatic heterocycles. The van der Waals surface area contributed by atoms with Gasteiger partial charge in [0.1, 0.15) is 18.5 Å². The molecule has 30 heavy (non-hydrogen) atoms. The van der Waals surface area contributed by atoms with Crippen molar-refractivity contribution in [1.29, 1.82) is 0 Å². The van der Waals surface area contributed by atoms with Crippen molar-refractivity contribution in [3.8, 4) is 17.2 Å². The van der Waals surface area contributed by atoms with E-state index in [0.29, 0.717) is 26.1 Å². The summed E-state index contributed by atoms with van der Waals surface area (Å²) in [5, 5.41) is 10.4. The van der Waals surface area contributed by atoms with Gasteiger partial charge in [-0.05, 0) is 41.8 Å². The highest BCUT2D eigenvalue weighted by atomic mass is 16.7. The number of hydrogen-bond acceptors (Lipinski definition) is 7. The zero-order chi connectivity index (χ0) is 21.3. The topological polar surface area (TPSA) is 77.5 Å².